The molecule has 142 valence electrons. The monoisotopic (exact) mass is 386 g/mol. The number of anilines is 2. The molecule has 0 aliphatic carbocycles. The molecule has 1 atom stereocenters. The molecule has 2 amide bonds. The predicted molar refractivity (Wildman–Crippen MR) is 108 cm³/mol. The maximum atomic E-state index is 13.1. The fourth-order valence-electron chi connectivity index (χ4n) is 3.43. The minimum absolute atomic E-state index is 0.0291. The number of ether oxygens (including phenoxy) is 1. The highest BCUT2D eigenvalue weighted by Crippen LogP contribution is 2.33. The minimum Gasteiger partial charge on any atom is -0.495 e. The summed E-state index contributed by atoms with van der Waals surface area (Å²) in [6.07, 6.45) is 0.199. The standard InChI is InChI=1S/C21H23ClN2O3/c1-4-23(16-7-5-6-14(2)10-16)21(26)15-11-20(25)24(13-15)17-8-9-19(27-3)18(22)12-17/h5-10,12,15H,4,11,13H2,1-3H3. The molecule has 1 heterocycles. The predicted octanol–water partition coefficient (Wildman–Crippen LogP) is 4.06. The van der Waals surface area contributed by atoms with Crippen molar-refractivity contribution in [1.82, 2.24) is 0 Å². The molecule has 6 heteroatoms. The van der Waals surface area contributed by atoms with Gasteiger partial charge in [0.1, 0.15) is 5.75 Å². The summed E-state index contributed by atoms with van der Waals surface area (Å²) >= 11 is 6.18. The number of aryl methyl sites for hydroxylation is 1. The van der Waals surface area contributed by atoms with Gasteiger partial charge in [0, 0.05) is 30.9 Å². The first-order valence-corrected chi connectivity index (χ1v) is 9.34. The zero-order chi connectivity index (χ0) is 19.6. The van der Waals surface area contributed by atoms with Crippen molar-refractivity contribution < 1.29 is 14.3 Å². The SMILES string of the molecule is CCN(C(=O)C1CC(=O)N(c2ccc(OC)c(Cl)c2)C1)c1cccc(C)c1. The summed E-state index contributed by atoms with van der Waals surface area (Å²) < 4.78 is 5.16. The highest BCUT2D eigenvalue weighted by atomic mass is 35.5. The van der Waals surface area contributed by atoms with E-state index in [4.69, 9.17) is 16.3 Å². The second-order valence-electron chi connectivity index (χ2n) is 6.65. The van der Waals surface area contributed by atoms with Crippen molar-refractivity contribution >= 4 is 34.8 Å². The van der Waals surface area contributed by atoms with Gasteiger partial charge in [0.05, 0.1) is 18.1 Å². The van der Waals surface area contributed by atoms with Crippen LogP contribution < -0.4 is 14.5 Å². The summed E-state index contributed by atoms with van der Waals surface area (Å²) in [5.41, 5.74) is 2.64. The van der Waals surface area contributed by atoms with Gasteiger partial charge in [-0.25, -0.2) is 0 Å². The molecule has 1 unspecified atom stereocenters. The number of carbonyl (C=O) groups is 2. The summed E-state index contributed by atoms with van der Waals surface area (Å²) in [6, 6.07) is 13.1. The number of halogens is 1. The van der Waals surface area contributed by atoms with Crippen molar-refractivity contribution in [3.8, 4) is 5.75 Å². The molecule has 1 aliphatic heterocycles. The molecule has 0 radical (unpaired) electrons. The average Bonchev–Trinajstić information content (AvgIpc) is 3.04. The van der Waals surface area contributed by atoms with Crippen LogP contribution in [-0.4, -0.2) is 32.0 Å². The second kappa shape index (κ2) is 8.01. The maximum Gasteiger partial charge on any atom is 0.232 e. The highest BCUT2D eigenvalue weighted by molar-refractivity contribution is 6.32. The summed E-state index contributed by atoms with van der Waals surface area (Å²) in [4.78, 5) is 29.0. The smallest absolute Gasteiger partial charge is 0.232 e. The molecule has 0 spiro atoms. The molecular formula is C21H23ClN2O3. The van der Waals surface area contributed by atoms with E-state index in [-0.39, 0.29) is 24.2 Å². The van der Waals surface area contributed by atoms with Crippen molar-refractivity contribution in [2.75, 3.05) is 30.0 Å². The third kappa shape index (κ3) is 3.93. The lowest BCUT2D eigenvalue weighted by Gasteiger charge is -2.25. The molecule has 0 N–H and O–H groups in total. The fourth-order valence-corrected chi connectivity index (χ4v) is 3.68. The Bertz CT molecular complexity index is 868. The molecule has 0 aromatic heterocycles. The lowest BCUT2D eigenvalue weighted by Crippen LogP contribution is -2.37. The Morgan fingerprint density at radius 3 is 2.70 bits per heavy atom. The van der Waals surface area contributed by atoms with Crippen molar-refractivity contribution in [2.24, 2.45) is 5.92 Å². The van der Waals surface area contributed by atoms with Gasteiger partial charge in [-0.2, -0.15) is 0 Å². The van der Waals surface area contributed by atoms with Crippen LogP contribution in [0.4, 0.5) is 11.4 Å². The Morgan fingerprint density at radius 2 is 2.07 bits per heavy atom. The molecule has 0 saturated carbocycles. The Labute approximate surface area is 164 Å². The maximum absolute atomic E-state index is 13.1. The number of nitrogens with zero attached hydrogens (tertiary/aromatic N) is 2. The van der Waals surface area contributed by atoms with E-state index in [1.54, 1.807) is 35.1 Å². The van der Waals surface area contributed by atoms with Gasteiger partial charge in [-0.05, 0) is 49.7 Å². The van der Waals surface area contributed by atoms with Crippen LogP contribution in [-0.2, 0) is 9.59 Å². The number of hydrogen-bond acceptors (Lipinski definition) is 3. The number of amides is 2. The first-order valence-electron chi connectivity index (χ1n) is 8.96. The van der Waals surface area contributed by atoms with Gasteiger partial charge in [0.15, 0.2) is 0 Å². The van der Waals surface area contributed by atoms with Gasteiger partial charge < -0.3 is 14.5 Å². The van der Waals surface area contributed by atoms with Crippen molar-refractivity contribution in [2.45, 2.75) is 20.3 Å². The van der Waals surface area contributed by atoms with Gasteiger partial charge >= 0.3 is 0 Å². The third-order valence-corrected chi connectivity index (χ3v) is 5.11. The molecular weight excluding hydrogens is 364 g/mol. The van der Waals surface area contributed by atoms with Crippen molar-refractivity contribution in [3.05, 3.63) is 53.1 Å². The van der Waals surface area contributed by atoms with Crippen LogP contribution in [0.15, 0.2) is 42.5 Å². The molecule has 1 fully saturated rings. The van der Waals surface area contributed by atoms with E-state index in [1.165, 1.54) is 0 Å². The lowest BCUT2D eigenvalue weighted by molar-refractivity contribution is -0.124. The van der Waals surface area contributed by atoms with Crippen LogP contribution in [0.2, 0.25) is 5.02 Å². The van der Waals surface area contributed by atoms with Gasteiger partial charge in [-0.15, -0.1) is 0 Å². The van der Waals surface area contributed by atoms with E-state index in [9.17, 15) is 9.59 Å². The first-order chi connectivity index (χ1) is 12.9. The fraction of sp³-hybridized carbons (Fsp3) is 0.333. The normalized spacial score (nSPS) is 16.5. The van der Waals surface area contributed by atoms with E-state index in [0.29, 0.717) is 29.5 Å². The average molecular weight is 387 g/mol. The van der Waals surface area contributed by atoms with Gasteiger partial charge in [0.25, 0.3) is 0 Å². The molecule has 1 saturated heterocycles. The number of methoxy groups -OCH3 is 1. The summed E-state index contributed by atoms with van der Waals surface area (Å²) in [5, 5.41) is 0.438. The summed E-state index contributed by atoms with van der Waals surface area (Å²) in [5.74, 6) is 0.0728. The number of carbonyl (C=O) groups excluding carboxylic acids is 2. The van der Waals surface area contributed by atoms with Crippen LogP contribution in [0.1, 0.15) is 18.9 Å². The van der Waals surface area contributed by atoms with E-state index >= 15 is 0 Å². The summed E-state index contributed by atoms with van der Waals surface area (Å²) in [7, 11) is 1.54. The largest absolute Gasteiger partial charge is 0.495 e. The topological polar surface area (TPSA) is 49.9 Å². The number of benzene rings is 2. The van der Waals surface area contributed by atoms with Crippen LogP contribution in [0.3, 0.4) is 0 Å². The van der Waals surface area contributed by atoms with E-state index in [0.717, 1.165) is 11.3 Å². The molecule has 0 bridgehead atoms. The zero-order valence-electron chi connectivity index (χ0n) is 15.7. The summed E-state index contributed by atoms with van der Waals surface area (Å²) in [6.45, 7) is 4.85. The van der Waals surface area contributed by atoms with Crippen molar-refractivity contribution in [1.29, 1.82) is 0 Å². The third-order valence-electron chi connectivity index (χ3n) is 4.82. The van der Waals surface area contributed by atoms with Gasteiger partial charge in [-0.1, -0.05) is 23.7 Å². The van der Waals surface area contributed by atoms with E-state index < -0.39 is 0 Å². The number of hydrogen-bond donors (Lipinski definition) is 0. The second-order valence-corrected chi connectivity index (χ2v) is 7.05. The molecule has 2 aromatic carbocycles. The molecule has 3 rings (SSSR count). The quantitative estimate of drug-likeness (QED) is 0.778. The van der Waals surface area contributed by atoms with Gasteiger partial charge in [-0.3, -0.25) is 9.59 Å². The van der Waals surface area contributed by atoms with Gasteiger partial charge in [0.2, 0.25) is 11.8 Å². The zero-order valence-corrected chi connectivity index (χ0v) is 16.5. The molecule has 5 nitrogen and oxygen atoms in total. The Hall–Kier alpha value is -2.53. The van der Waals surface area contributed by atoms with Crippen LogP contribution >= 0.6 is 11.6 Å². The Morgan fingerprint density at radius 1 is 1.30 bits per heavy atom. The molecule has 1 aliphatic rings. The van der Waals surface area contributed by atoms with E-state index in [2.05, 4.69) is 0 Å². The van der Waals surface area contributed by atoms with Crippen LogP contribution in [0, 0.1) is 12.8 Å². The highest BCUT2D eigenvalue weighted by Gasteiger charge is 2.37. The van der Waals surface area contributed by atoms with Crippen molar-refractivity contribution in [3.63, 3.8) is 0 Å². The molecule has 27 heavy (non-hydrogen) atoms. The molecule has 2 aromatic rings. The van der Waals surface area contributed by atoms with Crippen LogP contribution in [0.5, 0.6) is 5.75 Å². The lowest BCUT2D eigenvalue weighted by atomic mass is 10.1. The Kier molecular flexibility index (Phi) is 5.71. The van der Waals surface area contributed by atoms with Crippen LogP contribution in [0.25, 0.3) is 0 Å². The minimum atomic E-state index is -0.376. The van der Waals surface area contributed by atoms with E-state index in [1.807, 2.05) is 38.1 Å². The number of rotatable bonds is 5. The Balaban J connectivity index is 1.79. The first kappa shape index (κ1) is 19.2.